The van der Waals surface area contributed by atoms with Crippen LogP contribution in [0.2, 0.25) is 0 Å². The number of benzene rings is 2. The first-order valence-electron chi connectivity index (χ1n) is 11.1. The fraction of sp³-hybridized carbons (Fsp3) is 0.375. The number of amidine groups is 1. The molecule has 2 aromatic carbocycles. The van der Waals surface area contributed by atoms with Gasteiger partial charge in [0.15, 0.2) is 0 Å². The zero-order valence-corrected chi connectivity index (χ0v) is 19.3. The van der Waals surface area contributed by atoms with Gasteiger partial charge < -0.3 is 4.18 Å². The molecule has 180 valence electrons. The summed E-state index contributed by atoms with van der Waals surface area (Å²) in [5.74, 6) is 0.698. The van der Waals surface area contributed by atoms with E-state index in [4.69, 9.17) is 9.18 Å². The number of nitrogens with zero attached hydrogens (tertiary/aromatic N) is 2. The fourth-order valence-corrected chi connectivity index (χ4v) is 6.91. The molecular formula is C24H24F3N3O3S. The first-order valence-corrected chi connectivity index (χ1v) is 12.6. The van der Waals surface area contributed by atoms with E-state index in [2.05, 4.69) is 4.72 Å². The summed E-state index contributed by atoms with van der Waals surface area (Å²) in [5.41, 5.74) is -0.529. The molecule has 0 bridgehead atoms. The number of alkyl halides is 3. The molecule has 5 rings (SSSR count). The molecule has 2 heterocycles. The Labute approximate surface area is 196 Å². The number of hydrogen-bond donors (Lipinski definition) is 1. The summed E-state index contributed by atoms with van der Waals surface area (Å²) in [6, 6.07) is 14.2. The average molecular weight is 492 g/mol. The van der Waals surface area contributed by atoms with Gasteiger partial charge >= 0.3 is 11.5 Å². The van der Waals surface area contributed by atoms with E-state index in [0.29, 0.717) is 43.0 Å². The lowest BCUT2D eigenvalue weighted by Gasteiger charge is -2.35. The average Bonchev–Trinajstić information content (AvgIpc) is 3.42. The Kier molecular flexibility index (Phi) is 5.48. The highest BCUT2D eigenvalue weighted by atomic mass is 32.3. The molecule has 1 saturated heterocycles. The van der Waals surface area contributed by atoms with E-state index >= 15 is 0 Å². The second kappa shape index (κ2) is 8.13. The van der Waals surface area contributed by atoms with Crippen LogP contribution < -0.4 is 4.72 Å². The van der Waals surface area contributed by atoms with E-state index in [1.807, 2.05) is 37.3 Å². The Morgan fingerprint density at radius 1 is 1.09 bits per heavy atom. The number of hydrogen-bond acceptors (Lipinski definition) is 5. The van der Waals surface area contributed by atoms with E-state index in [0.717, 1.165) is 17.7 Å². The predicted molar refractivity (Wildman–Crippen MR) is 122 cm³/mol. The van der Waals surface area contributed by atoms with Gasteiger partial charge in [0.2, 0.25) is 0 Å². The van der Waals surface area contributed by atoms with Crippen molar-refractivity contribution in [3.8, 4) is 0 Å². The number of aliphatic imine (C=N–C) groups is 1. The van der Waals surface area contributed by atoms with Crippen LogP contribution in [-0.4, -0.2) is 33.5 Å². The van der Waals surface area contributed by atoms with Crippen molar-refractivity contribution in [1.82, 2.24) is 9.62 Å². The lowest BCUT2D eigenvalue weighted by molar-refractivity contribution is -0.137. The summed E-state index contributed by atoms with van der Waals surface area (Å²) < 4.78 is 47.2. The molecule has 2 aliphatic heterocycles. The van der Waals surface area contributed by atoms with Gasteiger partial charge in [-0.25, -0.2) is 9.52 Å². The van der Waals surface area contributed by atoms with Crippen LogP contribution >= 0.6 is 10.5 Å². The Bertz CT molecular complexity index is 1150. The molecule has 0 aromatic heterocycles. The second-order valence-corrected chi connectivity index (χ2v) is 11.2. The summed E-state index contributed by atoms with van der Waals surface area (Å²) in [6.45, 7) is 2.32. The van der Waals surface area contributed by atoms with E-state index < -0.39 is 33.1 Å². The molecule has 34 heavy (non-hydrogen) atoms. The van der Waals surface area contributed by atoms with Crippen molar-refractivity contribution in [3.63, 3.8) is 0 Å². The van der Waals surface area contributed by atoms with Crippen LogP contribution in [0.3, 0.4) is 0 Å². The van der Waals surface area contributed by atoms with Crippen LogP contribution in [0.4, 0.5) is 18.0 Å². The largest absolute Gasteiger partial charge is 0.416 e. The molecule has 1 aliphatic carbocycles. The molecule has 1 saturated carbocycles. The van der Waals surface area contributed by atoms with Gasteiger partial charge in [0.25, 0.3) is 5.91 Å². The van der Waals surface area contributed by atoms with Gasteiger partial charge in [-0.05, 0) is 62.4 Å². The highest BCUT2D eigenvalue weighted by molar-refractivity contribution is 8.47. The van der Waals surface area contributed by atoms with Crippen molar-refractivity contribution in [1.29, 1.82) is 0 Å². The molecule has 0 radical (unpaired) electrons. The monoisotopic (exact) mass is 491 g/mol. The zero-order chi connectivity index (χ0) is 24.1. The summed E-state index contributed by atoms with van der Waals surface area (Å²) in [6.07, 6.45) is -2.17. The van der Waals surface area contributed by atoms with Gasteiger partial charge in [-0.2, -0.15) is 13.2 Å². The highest BCUT2D eigenvalue weighted by Crippen LogP contribution is 2.69. The van der Waals surface area contributed by atoms with Crippen LogP contribution in [-0.2, 0) is 21.7 Å². The van der Waals surface area contributed by atoms with Gasteiger partial charge in [-0.1, -0.05) is 30.3 Å². The molecule has 1 spiro atoms. The van der Waals surface area contributed by atoms with Gasteiger partial charge in [0.1, 0.15) is 11.4 Å². The molecule has 2 fully saturated rings. The minimum absolute atomic E-state index is 0.00384. The Balaban J connectivity index is 1.25. The topological polar surface area (TPSA) is 74.3 Å². The minimum atomic E-state index is -4.44. The standard InChI is InChI=1S/C24H24F3N3O3S/c1-16-28-23(21(31)30(16)15-17-5-3-2-4-6-17)13-11-19(12-14-23)29-34(22(32)33-34)20-9-7-18(8-10-20)24(25,26)27/h2-10,19,29H,11-15H2,1H3. The quantitative estimate of drug-likeness (QED) is 0.554. The van der Waals surface area contributed by atoms with Crippen molar-refractivity contribution in [2.75, 3.05) is 0 Å². The van der Waals surface area contributed by atoms with Crippen LogP contribution in [0.25, 0.3) is 0 Å². The number of amides is 1. The molecule has 1 unspecified atom stereocenters. The zero-order valence-electron chi connectivity index (χ0n) is 18.5. The SMILES string of the molecule is CC1=NC2(CCC(NS3(c4ccc(C(F)(F)F)cc4)OC3=O)CC2)C(=O)N1Cc1ccccc1. The number of carbonyl (C=O) groups is 2. The minimum Gasteiger partial charge on any atom is -0.376 e. The molecule has 1 N–H and O–H groups in total. The van der Waals surface area contributed by atoms with Crippen molar-refractivity contribution < 1.29 is 26.9 Å². The van der Waals surface area contributed by atoms with Crippen molar-refractivity contribution >= 4 is 27.5 Å². The van der Waals surface area contributed by atoms with Crippen LogP contribution in [0.5, 0.6) is 0 Å². The second-order valence-electron chi connectivity index (χ2n) is 8.87. The summed E-state index contributed by atoms with van der Waals surface area (Å²) in [5, 5.41) is -0.438. The van der Waals surface area contributed by atoms with E-state index in [1.54, 1.807) is 4.90 Å². The van der Waals surface area contributed by atoms with Gasteiger partial charge in [0.05, 0.1) is 22.6 Å². The van der Waals surface area contributed by atoms with Crippen LogP contribution in [0, 0.1) is 0 Å². The normalized spacial score (nSPS) is 30.6. The van der Waals surface area contributed by atoms with Gasteiger partial charge in [-0.15, -0.1) is 0 Å². The Morgan fingerprint density at radius 3 is 2.26 bits per heavy atom. The molecule has 2 aromatic rings. The molecule has 10 heteroatoms. The molecule has 1 atom stereocenters. The third-order valence-electron chi connectivity index (χ3n) is 6.65. The maximum Gasteiger partial charge on any atom is 0.416 e. The Hall–Kier alpha value is -2.85. The van der Waals surface area contributed by atoms with Crippen LogP contribution in [0.1, 0.15) is 43.7 Å². The van der Waals surface area contributed by atoms with Crippen molar-refractivity contribution in [3.05, 3.63) is 65.7 Å². The maximum absolute atomic E-state index is 13.3. The summed E-state index contributed by atoms with van der Waals surface area (Å²) in [4.78, 5) is 32.4. The van der Waals surface area contributed by atoms with Gasteiger partial charge in [0, 0.05) is 10.9 Å². The lowest BCUT2D eigenvalue weighted by Crippen LogP contribution is -2.47. The van der Waals surface area contributed by atoms with Crippen LogP contribution in [0.15, 0.2) is 64.5 Å². The Morgan fingerprint density at radius 2 is 1.71 bits per heavy atom. The molecule has 3 aliphatic rings. The van der Waals surface area contributed by atoms with E-state index in [1.165, 1.54) is 12.1 Å². The number of nitrogens with one attached hydrogen (secondary N) is 1. The number of carbonyl (C=O) groups excluding carboxylic acids is 2. The molecule has 6 nitrogen and oxygen atoms in total. The van der Waals surface area contributed by atoms with Crippen molar-refractivity contribution in [2.24, 2.45) is 4.99 Å². The number of halogens is 3. The number of rotatable bonds is 5. The third-order valence-corrected chi connectivity index (χ3v) is 9.06. The van der Waals surface area contributed by atoms with E-state index in [-0.39, 0.29) is 11.9 Å². The summed E-state index contributed by atoms with van der Waals surface area (Å²) in [7, 11) is -2.45. The van der Waals surface area contributed by atoms with Gasteiger partial charge in [-0.3, -0.25) is 14.7 Å². The predicted octanol–water partition coefficient (Wildman–Crippen LogP) is 5.58. The van der Waals surface area contributed by atoms with E-state index in [9.17, 15) is 22.8 Å². The maximum atomic E-state index is 13.3. The highest BCUT2D eigenvalue weighted by Gasteiger charge is 2.57. The first kappa shape index (κ1) is 22.9. The third kappa shape index (κ3) is 3.98. The smallest absolute Gasteiger partial charge is 0.376 e. The van der Waals surface area contributed by atoms with Crippen molar-refractivity contribution in [2.45, 2.75) is 61.8 Å². The fourth-order valence-electron chi connectivity index (χ4n) is 4.75. The lowest BCUT2D eigenvalue weighted by atomic mass is 9.80. The molecular weight excluding hydrogens is 467 g/mol. The molecule has 1 amide bonds. The summed E-state index contributed by atoms with van der Waals surface area (Å²) >= 11 is 0. The first-order chi connectivity index (χ1) is 16.1.